The minimum absolute atomic E-state index is 0.987. The molecule has 0 fully saturated rings. The zero-order valence-electron chi connectivity index (χ0n) is 11.2. The van der Waals surface area contributed by atoms with Crippen LogP contribution in [0, 0.1) is 0 Å². The van der Waals surface area contributed by atoms with E-state index in [1.807, 2.05) is 6.26 Å². The molecule has 0 spiro atoms. The van der Waals surface area contributed by atoms with Gasteiger partial charge in [-0.1, -0.05) is 56.5 Å². The maximum atomic E-state index is 5.62. The van der Waals surface area contributed by atoms with Gasteiger partial charge in [0.1, 0.15) is 5.76 Å². The second-order valence-corrected chi connectivity index (χ2v) is 4.84. The zero-order valence-corrected chi connectivity index (χ0v) is 11.2. The van der Waals surface area contributed by atoms with Gasteiger partial charge >= 0.3 is 0 Å². The Kier molecular flexibility index (Phi) is 5.07. The van der Waals surface area contributed by atoms with E-state index in [1.54, 1.807) is 0 Å². The van der Waals surface area contributed by atoms with E-state index >= 15 is 0 Å². The lowest BCUT2D eigenvalue weighted by atomic mass is 10.0. The van der Waals surface area contributed by atoms with Gasteiger partial charge in [-0.05, 0) is 23.6 Å². The standard InChI is InChI=1S/C17H22O/c1-2-3-4-8-11-17-16(12-13-18-17)14-15-9-6-5-7-10-15/h5-7,9-10,12-13H,2-4,8,11,14H2,1H3. The molecule has 96 valence electrons. The number of hydrogen-bond acceptors (Lipinski definition) is 1. The Balaban J connectivity index is 1.91. The van der Waals surface area contributed by atoms with Crippen LogP contribution in [-0.2, 0) is 12.8 Å². The number of furan rings is 1. The van der Waals surface area contributed by atoms with Gasteiger partial charge in [0.05, 0.1) is 6.26 Å². The molecule has 0 saturated carbocycles. The highest BCUT2D eigenvalue weighted by molar-refractivity contribution is 5.27. The largest absolute Gasteiger partial charge is 0.469 e. The quantitative estimate of drug-likeness (QED) is 0.623. The predicted molar refractivity (Wildman–Crippen MR) is 75.8 cm³/mol. The molecule has 0 radical (unpaired) electrons. The summed E-state index contributed by atoms with van der Waals surface area (Å²) in [7, 11) is 0. The Hall–Kier alpha value is -1.50. The Morgan fingerprint density at radius 2 is 1.78 bits per heavy atom. The summed E-state index contributed by atoms with van der Waals surface area (Å²) in [5, 5.41) is 0. The fourth-order valence-electron chi connectivity index (χ4n) is 2.27. The second-order valence-electron chi connectivity index (χ2n) is 4.84. The topological polar surface area (TPSA) is 13.1 Å². The van der Waals surface area contributed by atoms with Crippen LogP contribution in [0.4, 0.5) is 0 Å². The molecule has 1 heterocycles. The van der Waals surface area contributed by atoms with E-state index in [9.17, 15) is 0 Å². The van der Waals surface area contributed by atoms with Crippen LogP contribution in [0.1, 0.15) is 49.5 Å². The Morgan fingerprint density at radius 3 is 2.56 bits per heavy atom. The summed E-state index contributed by atoms with van der Waals surface area (Å²) in [4.78, 5) is 0. The van der Waals surface area contributed by atoms with E-state index < -0.39 is 0 Å². The summed E-state index contributed by atoms with van der Waals surface area (Å²) in [5.74, 6) is 1.18. The number of hydrogen-bond donors (Lipinski definition) is 0. The van der Waals surface area contributed by atoms with Gasteiger partial charge in [-0.25, -0.2) is 0 Å². The smallest absolute Gasteiger partial charge is 0.107 e. The minimum atomic E-state index is 0.987. The monoisotopic (exact) mass is 242 g/mol. The summed E-state index contributed by atoms with van der Waals surface area (Å²) < 4.78 is 5.62. The fourth-order valence-corrected chi connectivity index (χ4v) is 2.27. The van der Waals surface area contributed by atoms with Crippen molar-refractivity contribution in [1.29, 1.82) is 0 Å². The first-order valence-electron chi connectivity index (χ1n) is 6.99. The molecule has 0 bridgehead atoms. The van der Waals surface area contributed by atoms with E-state index in [-0.39, 0.29) is 0 Å². The molecule has 1 aromatic heterocycles. The molecule has 0 aliphatic rings. The molecule has 0 unspecified atom stereocenters. The molecule has 0 saturated heterocycles. The van der Waals surface area contributed by atoms with Gasteiger partial charge in [0, 0.05) is 12.8 Å². The van der Waals surface area contributed by atoms with E-state index in [1.165, 1.54) is 42.6 Å². The van der Waals surface area contributed by atoms with Crippen molar-refractivity contribution in [2.75, 3.05) is 0 Å². The fraction of sp³-hybridized carbons (Fsp3) is 0.412. The number of benzene rings is 1. The van der Waals surface area contributed by atoms with Gasteiger partial charge in [-0.3, -0.25) is 0 Å². The molecule has 1 nitrogen and oxygen atoms in total. The van der Waals surface area contributed by atoms with Crippen molar-refractivity contribution >= 4 is 0 Å². The van der Waals surface area contributed by atoms with Crippen LogP contribution in [0.2, 0.25) is 0 Å². The van der Waals surface area contributed by atoms with Crippen molar-refractivity contribution in [1.82, 2.24) is 0 Å². The van der Waals surface area contributed by atoms with Crippen molar-refractivity contribution in [3.8, 4) is 0 Å². The van der Waals surface area contributed by atoms with Crippen LogP contribution >= 0.6 is 0 Å². The lowest BCUT2D eigenvalue weighted by Gasteiger charge is -2.03. The average Bonchev–Trinajstić information content (AvgIpc) is 2.83. The third-order valence-electron chi connectivity index (χ3n) is 3.33. The second kappa shape index (κ2) is 7.05. The number of rotatable bonds is 7. The highest BCUT2D eigenvalue weighted by atomic mass is 16.3. The van der Waals surface area contributed by atoms with E-state index in [2.05, 4.69) is 43.3 Å². The first-order valence-corrected chi connectivity index (χ1v) is 6.99. The summed E-state index contributed by atoms with van der Waals surface area (Å²) in [6, 6.07) is 12.7. The van der Waals surface area contributed by atoms with Crippen LogP contribution in [0.5, 0.6) is 0 Å². The highest BCUT2D eigenvalue weighted by Gasteiger charge is 2.06. The molecule has 18 heavy (non-hydrogen) atoms. The van der Waals surface area contributed by atoms with Gasteiger partial charge in [0.2, 0.25) is 0 Å². The maximum Gasteiger partial charge on any atom is 0.107 e. The predicted octanol–water partition coefficient (Wildman–Crippen LogP) is 4.99. The van der Waals surface area contributed by atoms with Crippen molar-refractivity contribution in [2.24, 2.45) is 0 Å². The Bertz CT molecular complexity index is 442. The molecule has 2 aromatic rings. The molecular formula is C17H22O. The average molecular weight is 242 g/mol. The van der Waals surface area contributed by atoms with Crippen LogP contribution < -0.4 is 0 Å². The molecule has 0 aliphatic heterocycles. The van der Waals surface area contributed by atoms with Crippen molar-refractivity contribution < 1.29 is 4.42 Å². The van der Waals surface area contributed by atoms with Crippen LogP contribution in [0.25, 0.3) is 0 Å². The maximum absolute atomic E-state index is 5.62. The molecule has 0 atom stereocenters. The lowest BCUT2D eigenvalue weighted by Crippen LogP contribution is -1.92. The van der Waals surface area contributed by atoms with E-state index in [0.717, 1.165) is 12.8 Å². The first-order chi connectivity index (χ1) is 8.90. The first kappa shape index (κ1) is 12.9. The van der Waals surface area contributed by atoms with Crippen LogP contribution in [-0.4, -0.2) is 0 Å². The molecule has 0 amide bonds. The van der Waals surface area contributed by atoms with Crippen LogP contribution in [0.15, 0.2) is 47.1 Å². The third-order valence-corrected chi connectivity index (χ3v) is 3.33. The van der Waals surface area contributed by atoms with Crippen molar-refractivity contribution in [2.45, 2.75) is 45.4 Å². The molecule has 0 aliphatic carbocycles. The van der Waals surface area contributed by atoms with Gasteiger partial charge < -0.3 is 4.42 Å². The normalized spacial score (nSPS) is 10.7. The third kappa shape index (κ3) is 3.76. The molecular weight excluding hydrogens is 220 g/mol. The summed E-state index contributed by atoms with van der Waals surface area (Å²) in [6.07, 6.45) is 9.05. The zero-order chi connectivity index (χ0) is 12.6. The Labute approximate surface area is 110 Å². The number of unbranched alkanes of at least 4 members (excludes halogenated alkanes) is 3. The highest BCUT2D eigenvalue weighted by Crippen LogP contribution is 2.18. The van der Waals surface area contributed by atoms with Gasteiger partial charge in [0.25, 0.3) is 0 Å². The van der Waals surface area contributed by atoms with Gasteiger partial charge in [-0.2, -0.15) is 0 Å². The lowest BCUT2D eigenvalue weighted by molar-refractivity contribution is 0.490. The van der Waals surface area contributed by atoms with Crippen molar-refractivity contribution in [3.05, 3.63) is 59.5 Å². The van der Waals surface area contributed by atoms with E-state index in [0.29, 0.717) is 0 Å². The van der Waals surface area contributed by atoms with Gasteiger partial charge in [0.15, 0.2) is 0 Å². The summed E-state index contributed by atoms with van der Waals surface area (Å²) in [6.45, 7) is 2.24. The summed E-state index contributed by atoms with van der Waals surface area (Å²) >= 11 is 0. The summed E-state index contributed by atoms with van der Waals surface area (Å²) in [5.41, 5.74) is 2.70. The Morgan fingerprint density at radius 1 is 0.944 bits per heavy atom. The van der Waals surface area contributed by atoms with Crippen LogP contribution in [0.3, 0.4) is 0 Å². The molecule has 2 rings (SSSR count). The molecule has 1 heteroatoms. The van der Waals surface area contributed by atoms with Crippen molar-refractivity contribution in [3.63, 3.8) is 0 Å². The van der Waals surface area contributed by atoms with Gasteiger partial charge in [-0.15, -0.1) is 0 Å². The number of aryl methyl sites for hydroxylation is 1. The molecule has 0 N–H and O–H groups in total. The molecule has 1 aromatic carbocycles. The minimum Gasteiger partial charge on any atom is -0.469 e. The van der Waals surface area contributed by atoms with E-state index in [4.69, 9.17) is 4.42 Å². The SMILES string of the molecule is CCCCCCc1occc1Cc1ccccc1.